The quantitative estimate of drug-likeness (QED) is 0.160. The zero-order valence-electron chi connectivity index (χ0n) is 26.7. The van der Waals surface area contributed by atoms with Crippen LogP contribution in [0.2, 0.25) is 0 Å². The Balaban J connectivity index is 1.98. The van der Waals surface area contributed by atoms with Gasteiger partial charge < -0.3 is 34.3 Å². The van der Waals surface area contributed by atoms with Gasteiger partial charge in [-0.3, -0.25) is 9.59 Å². The normalized spacial score (nSPS) is 15.6. The standard InChI is InChI=1S/C34H43FN2O7/c1-10-21(35)16-23(11-2)43-20-27-25(14-15-28-31(27)37(8)32(40)34(6,7)36-28)26-13-12-24(18-29(26)41-9)42-19-22(38)17-30(39)44-33(3,4)5/h10-16,18,22,36,38H,1,17,19-20H2,2-9H3/b21-16+,23-11-. The first-order valence-electron chi connectivity index (χ1n) is 14.3. The highest BCUT2D eigenvalue weighted by molar-refractivity contribution is 6.08. The third-order valence-corrected chi connectivity index (χ3v) is 6.78. The number of aliphatic hydroxyl groups excluding tert-OH is 1. The van der Waals surface area contributed by atoms with Gasteiger partial charge in [0.2, 0.25) is 0 Å². The second kappa shape index (κ2) is 14.0. The van der Waals surface area contributed by atoms with E-state index in [9.17, 15) is 19.1 Å². The van der Waals surface area contributed by atoms with Crippen molar-refractivity contribution in [2.75, 3.05) is 31.0 Å². The van der Waals surface area contributed by atoms with E-state index in [1.54, 1.807) is 63.9 Å². The molecule has 9 nitrogen and oxygen atoms in total. The molecule has 1 amide bonds. The predicted octanol–water partition coefficient (Wildman–Crippen LogP) is 6.46. The van der Waals surface area contributed by atoms with Gasteiger partial charge in [0.1, 0.15) is 47.4 Å². The molecule has 0 saturated carbocycles. The first-order chi connectivity index (χ1) is 20.6. The number of nitrogens with zero attached hydrogens (tertiary/aromatic N) is 1. The van der Waals surface area contributed by atoms with Gasteiger partial charge in [0.25, 0.3) is 5.91 Å². The molecule has 1 aliphatic rings. The van der Waals surface area contributed by atoms with Gasteiger partial charge in [-0.1, -0.05) is 12.6 Å². The molecule has 44 heavy (non-hydrogen) atoms. The zero-order valence-corrected chi connectivity index (χ0v) is 26.7. The van der Waals surface area contributed by atoms with Gasteiger partial charge in [0.15, 0.2) is 0 Å². The van der Waals surface area contributed by atoms with Gasteiger partial charge in [-0.25, -0.2) is 4.39 Å². The number of ether oxygens (including phenoxy) is 4. The van der Waals surface area contributed by atoms with Crippen LogP contribution in [0.1, 0.15) is 53.5 Å². The number of hydrogen-bond donors (Lipinski definition) is 2. The highest BCUT2D eigenvalue weighted by Gasteiger charge is 2.38. The van der Waals surface area contributed by atoms with Crippen LogP contribution in [-0.2, 0) is 25.7 Å². The van der Waals surface area contributed by atoms with Crippen LogP contribution in [0.15, 0.2) is 66.7 Å². The second-order valence-electron chi connectivity index (χ2n) is 11.9. The average molecular weight is 611 g/mol. The van der Waals surface area contributed by atoms with Crippen molar-refractivity contribution in [3.8, 4) is 22.6 Å². The minimum atomic E-state index is -1.06. The van der Waals surface area contributed by atoms with Crippen molar-refractivity contribution >= 4 is 23.3 Å². The van der Waals surface area contributed by atoms with Gasteiger partial charge in [-0.2, -0.15) is 0 Å². The van der Waals surface area contributed by atoms with Crippen LogP contribution in [0.5, 0.6) is 11.5 Å². The first-order valence-corrected chi connectivity index (χ1v) is 14.3. The molecule has 0 radical (unpaired) electrons. The third kappa shape index (κ3) is 8.41. The number of halogens is 1. The number of carbonyl (C=O) groups excluding carboxylic acids is 2. The van der Waals surface area contributed by atoms with Crippen LogP contribution >= 0.6 is 0 Å². The average Bonchev–Trinajstić information content (AvgIpc) is 2.95. The van der Waals surface area contributed by atoms with Crippen molar-refractivity contribution in [2.45, 2.75) is 71.8 Å². The van der Waals surface area contributed by atoms with E-state index in [-0.39, 0.29) is 25.5 Å². The summed E-state index contributed by atoms with van der Waals surface area (Å²) >= 11 is 0. The first kappa shape index (κ1) is 34.2. The van der Waals surface area contributed by atoms with Crippen molar-refractivity contribution in [3.05, 3.63) is 72.3 Å². The number of hydrogen-bond acceptors (Lipinski definition) is 8. The Bertz CT molecular complexity index is 1460. The Labute approximate surface area is 258 Å². The van der Waals surface area contributed by atoms with E-state index in [2.05, 4.69) is 11.9 Å². The number of likely N-dealkylation sites (N-methyl/N-ethyl adjacent to an activating group) is 1. The molecule has 1 aliphatic heterocycles. The number of allylic oxidation sites excluding steroid dienone is 4. The number of fused-ring (bicyclic) bond motifs is 1. The molecule has 0 saturated heterocycles. The number of rotatable bonds is 12. The summed E-state index contributed by atoms with van der Waals surface area (Å²) in [4.78, 5) is 26.9. The number of benzene rings is 2. The third-order valence-electron chi connectivity index (χ3n) is 6.78. The van der Waals surface area contributed by atoms with Gasteiger partial charge in [-0.05, 0) is 77.5 Å². The molecule has 2 aromatic rings. The molecule has 1 heterocycles. The minimum absolute atomic E-state index is 0.0110. The summed E-state index contributed by atoms with van der Waals surface area (Å²) in [7, 11) is 3.23. The van der Waals surface area contributed by atoms with Crippen LogP contribution in [0.3, 0.4) is 0 Å². The lowest BCUT2D eigenvalue weighted by Crippen LogP contribution is -2.52. The lowest BCUT2D eigenvalue weighted by Gasteiger charge is -2.39. The number of carbonyl (C=O) groups is 2. The van der Waals surface area contributed by atoms with Crippen molar-refractivity contribution < 1.29 is 38.0 Å². The molecule has 2 aromatic carbocycles. The molecule has 2 N–H and O–H groups in total. The SMILES string of the molecule is C=C/C(F)=C\C(=C\C)OCc1c(-c2ccc(OCC(O)CC(=O)OC(C)(C)C)cc2OC)ccc2c1N(C)C(=O)C(C)(C)N2. The number of aliphatic hydroxyl groups is 1. The molecule has 10 heteroatoms. The zero-order chi connectivity index (χ0) is 32.8. The van der Waals surface area contributed by atoms with E-state index >= 15 is 0 Å². The molecule has 1 atom stereocenters. The largest absolute Gasteiger partial charge is 0.496 e. The molecular formula is C34H43FN2O7. The molecule has 3 rings (SSSR count). The van der Waals surface area contributed by atoms with Crippen molar-refractivity contribution in [2.24, 2.45) is 0 Å². The highest BCUT2D eigenvalue weighted by atomic mass is 19.1. The molecular weight excluding hydrogens is 567 g/mol. The van der Waals surface area contributed by atoms with Crippen LogP contribution in [0.4, 0.5) is 15.8 Å². The maximum Gasteiger partial charge on any atom is 0.309 e. The molecule has 0 aliphatic carbocycles. The summed E-state index contributed by atoms with van der Waals surface area (Å²) in [6, 6.07) is 9.00. The van der Waals surface area contributed by atoms with Crippen molar-refractivity contribution in [3.63, 3.8) is 0 Å². The van der Waals surface area contributed by atoms with Gasteiger partial charge in [0, 0.05) is 30.3 Å². The van der Waals surface area contributed by atoms with Crippen LogP contribution in [0, 0.1) is 0 Å². The Hall–Kier alpha value is -4.31. The second-order valence-corrected chi connectivity index (χ2v) is 11.9. The molecule has 0 aromatic heterocycles. The summed E-state index contributed by atoms with van der Waals surface area (Å²) in [5.41, 5.74) is 1.99. The lowest BCUT2D eigenvalue weighted by atomic mass is 9.91. The summed E-state index contributed by atoms with van der Waals surface area (Å²) in [5, 5.41) is 13.6. The van der Waals surface area contributed by atoms with E-state index < -0.39 is 29.0 Å². The molecule has 238 valence electrons. The monoisotopic (exact) mass is 610 g/mol. The summed E-state index contributed by atoms with van der Waals surface area (Å²) in [6.45, 7) is 14.0. The maximum atomic E-state index is 14.0. The predicted molar refractivity (Wildman–Crippen MR) is 169 cm³/mol. The van der Waals surface area contributed by atoms with Crippen LogP contribution in [-0.4, -0.2) is 55.0 Å². The van der Waals surface area contributed by atoms with Crippen LogP contribution in [0.25, 0.3) is 11.1 Å². The van der Waals surface area contributed by atoms with Gasteiger partial charge in [0.05, 0.1) is 31.0 Å². The lowest BCUT2D eigenvalue weighted by molar-refractivity contribution is -0.157. The highest BCUT2D eigenvalue weighted by Crippen LogP contribution is 2.45. The van der Waals surface area contributed by atoms with E-state index in [0.29, 0.717) is 34.1 Å². The summed E-state index contributed by atoms with van der Waals surface area (Å²) in [6.07, 6.45) is 2.69. The van der Waals surface area contributed by atoms with Gasteiger partial charge >= 0.3 is 5.97 Å². The summed E-state index contributed by atoms with van der Waals surface area (Å²) in [5.74, 6) is -0.0159. The van der Waals surface area contributed by atoms with Gasteiger partial charge in [-0.15, -0.1) is 0 Å². The fraction of sp³-hybridized carbons (Fsp3) is 0.412. The number of nitrogens with one attached hydrogen (secondary N) is 1. The van der Waals surface area contributed by atoms with E-state index in [4.69, 9.17) is 18.9 Å². The Morgan fingerprint density at radius 1 is 1.20 bits per heavy atom. The topological polar surface area (TPSA) is 107 Å². The molecule has 0 bridgehead atoms. The Morgan fingerprint density at radius 2 is 1.89 bits per heavy atom. The molecule has 1 unspecified atom stereocenters. The maximum absolute atomic E-state index is 14.0. The number of methoxy groups -OCH3 is 1. The van der Waals surface area contributed by atoms with Crippen LogP contribution < -0.4 is 19.7 Å². The van der Waals surface area contributed by atoms with Crippen molar-refractivity contribution in [1.29, 1.82) is 0 Å². The van der Waals surface area contributed by atoms with E-state index in [0.717, 1.165) is 17.3 Å². The number of esters is 1. The molecule has 0 fully saturated rings. The van der Waals surface area contributed by atoms with Crippen molar-refractivity contribution in [1.82, 2.24) is 0 Å². The Morgan fingerprint density at radius 3 is 2.50 bits per heavy atom. The van der Waals surface area contributed by atoms with E-state index in [1.807, 2.05) is 26.0 Å². The summed E-state index contributed by atoms with van der Waals surface area (Å²) < 4.78 is 36.8. The fourth-order valence-corrected chi connectivity index (χ4v) is 4.80. The fourth-order valence-electron chi connectivity index (χ4n) is 4.80. The smallest absolute Gasteiger partial charge is 0.309 e. The Kier molecular flexibility index (Phi) is 10.9. The molecule has 0 spiro atoms. The number of anilines is 2. The minimum Gasteiger partial charge on any atom is -0.496 e. The number of amides is 1. The van der Waals surface area contributed by atoms with E-state index in [1.165, 1.54) is 13.2 Å².